The number of alkyl halides is 6. The van der Waals surface area contributed by atoms with Gasteiger partial charge in [0.05, 0.1) is 6.54 Å². The third-order valence-electron chi connectivity index (χ3n) is 3.33. The van der Waals surface area contributed by atoms with Crippen LogP contribution >= 0.6 is 0 Å². The zero-order valence-corrected chi connectivity index (χ0v) is 14.9. The molecule has 0 radical (unpaired) electrons. The van der Waals surface area contributed by atoms with Crippen molar-refractivity contribution >= 4 is 5.96 Å². The van der Waals surface area contributed by atoms with Gasteiger partial charge in [-0.15, -0.1) is 13.2 Å². The van der Waals surface area contributed by atoms with Gasteiger partial charge in [0.2, 0.25) is 0 Å². The lowest BCUT2D eigenvalue weighted by Gasteiger charge is -2.19. The van der Waals surface area contributed by atoms with Gasteiger partial charge in [0.15, 0.2) is 5.96 Å². The van der Waals surface area contributed by atoms with Crippen LogP contribution in [-0.4, -0.2) is 57.1 Å². The van der Waals surface area contributed by atoms with E-state index in [2.05, 4.69) is 20.4 Å². The SMILES string of the molecule is CN=C(NCCCN(C)CC(F)(F)F)NCc1ccccc1OC(F)(F)F. The average Bonchev–Trinajstić information content (AvgIpc) is 2.52. The molecule has 2 N–H and O–H groups in total. The summed E-state index contributed by atoms with van der Waals surface area (Å²) >= 11 is 0. The molecule has 0 saturated carbocycles. The Morgan fingerprint density at radius 2 is 1.78 bits per heavy atom. The van der Waals surface area contributed by atoms with Crippen LogP contribution in [0.2, 0.25) is 0 Å². The van der Waals surface area contributed by atoms with Gasteiger partial charge in [-0.05, 0) is 26.1 Å². The van der Waals surface area contributed by atoms with Crippen molar-refractivity contribution in [2.24, 2.45) is 4.99 Å². The van der Waals surface area contributed by atoms with Crippen LogP contribution in [0.15, 0.2) is 29.3 Å². The second-order valence-corrected chi connectivity index (χ2v) is 5.71. The molecule has 11 heteroatoms. The Labute approximate surface area is 153 Å². The molecule has 0 saturated heterocycles. The van der Waals surface area contributed by atoms with Crippen LogP contribution in [0.1, 0.15) is 12.0 Å². The first-order valence-corrected chi connectivity index (χ1v) is 8.03. The molecule has 0 aliphatic rings. The number of para-hydroxylation sites is 1. The van der Waals surface area contributed by atoms with Crippen molar-refractivity contribution in [3.05, 3.63) is 29.8 Å². The van der Waals surface area contributed by atoms with E-state index in [1.54, 1.807) is 6.07 Å². The molecule has 0 amide bonds. The van der Waals surface area contributed by atoms with E-state index in [0.29, 0.717) is 18.9 Å². The second kappa shape index (κ2) is 10.2. The summed E-state index contributed by atoms with van der Waals surface area (Å²) in [6.07, 6.45) is -8.61. The van der Waals surface area contributed by atoms with Gasteiger partial charge in [-0.3, -0.25) is 9.89 Å². The monoisotopic (exact) mass is 400 g/mol. The minimum Gasteiger partial charge on any atom is -0.405 e. The number of benzene rings is 1. The predicted octanol–water partition coefficient (Wildman–Crippen LogP) is 3.13. The van der Waals surface area contributed by atoms with Crippen molar-refractivity contribution in [1.29, 1.82) is 0 Å². The van der Waals surface area contributed by atoms with Gasteiger partial charge in [0.25, 0.3) is 0 Å². The van der Waals surface area contributed by atoms with Gasteiger partial charge >= 0.3 is 12.5 Å². The van der Waals surface area contributed by atoms with Crippen LogP contribution in [0.4, 0.5) is 26.3 Å². The molecule has 0 aliphatic heterocycles. The van der Waals surface area contributed by atoms with Crippen molar-refractivity contribution in [3.63, 3.8) is 0 Å². The molecule has 1 aromatic carbocycles. The Morgan fingerprint density at radius 3 is 2.37 bits per heavy atom. The first-order valence-electron chi connectivity index (χ1n) is 8.03. The first-order chi connectivity index (χ1) is 12.5. The standard InChI is InChI=1S/C16H22F6N4O/c1-23-14(24-8-5-9-26(2)11-15(17,18)19)25-10-12-6-3-4-7-13(12)27-16(20,21)22/h3-4,6-7H,5,8-11H2,1-2H3,(H2,23,24,25). The highest BCUT2D eigenvalue weighted by Gasteiger charge is 2.32. The number of rotatable bonds is 8. The maximum Gasteiger partial charge on any atom is 0.573 e. The Kier molecular flexibility index (Phi) is 8.67. The molecule has 154 valence electrons. The van der Waals surface area contributed by atoms with Gasteiger partial charge in [-0.1, -0.05) is 18.2 Å². The summed E-state index contributed by atoms with van der Waals surface area (Å²) in [6, 6.07) is 5.69. The maximum atomic E-state index is 12.4. The van der Waals surface area contributed by atoms with E-state index >= 15 is 0 Å². The fourth-order valence-corrected chi connectivity index (χ4v) is 2.21. The fraction of sp³-hybridized carbons (Fsp3) is 0.562. The van der Waals surface area contributed by atoms with Crippen molar-refractivity contribution < 1.29 is 31.1 Å². The molecular formula is C16H22F6N4O. The number of nitrogens with zero attached hydrogens (tertiary/aromatic N) is 2. The van der Waals surface area contributed by atoms with E-state index in [1.165, 1.54) is 32.3 Å². The van der Waals surface area contributed by atoms with Gasteiger partial charge in [0, 0.05) is 25.7 Å². The van der Waals surface area contributed by atoms with E-state index in [9.17, 15) is 26.3 Å². The molecule has 5 nitrogen and oxygen atoms in total. The predicted molar refractivity (Wildman–Crippen MR) is 89.5 cm³/mol. The summed E-state index contributed by atoms with van der Waals surface area (Å²) in [7, 11) is 2.85. The number of nitrogens with one attached hydrogen (secondary N) is 2. The van der Waals surface area contributed by atoms with Gasteiger partial charge in [-0.2, -0.15) is 13.2 Å². The van der Waals surface area contributed by atoms with Crippen molar-refractivity contribution in [2.75, 3.05) is 33.7 Å². The van der Waals surface area contributed by atoms with Crippen LogP contribution in [0.5, 0.6) is 5.75 Å². The molecular weight excluding hydrogens is 378 g/mol. The van der Waals surface area contributed by atoms with Crippen LogP contribution in [0, 0.1) is 0 Å². The first kappa shape index (κ1) is 22.9. The largest absolute Gasteiger partial charge is 0.573 e. The summed E-state index contributed by atoms with van der Waals surface area (Å²) in [4.78, 5) is 5.08. The highest BCUT2D eigenvalue weighted by Crippen LogP contribution is 2.26. The molecule has 0 fully saturated rings. The molecule has 0 spiro atoms. The lowest BCUT2D eigenvalue weighted by Crippen LogP contribution is -2.39. The van der Waals surface area contributed by atoms with Crippen molar-refractivity contribution in [2.45, 2.75) is 25.5 Å². The fourth-order valence-electron chi connectivity index (χ4n) is 2.21. The van der Waals surface area contributed by atoms with Crippen LogP contribution in [-0.2, 0) is 6.54 Å². The summed E-state index contributed by atoms with van der Waals surface area (Å²) in [5.74, 6) is -0.00276. The topological polar surface area (TPSA) is 48.9 Å². The normalized spacial score (nSPS) is 13.0. The number of aliphatic imine (C=N–C) groups is 1. The minimum atomic E-state index is -4.79. The Bertz CT molecular complexity index is 603. The van der Waals surface area contributed by atoms with Crippen molar-refractivity contribution in [3.8, 4) is 5.75 Å². The van der Waals surface area contributed by atoms with E-state index in [0.717, 1.165) is 4.90 Å². The third kappa shape index (κ3) is 10.5. The molecule has 0 aromatic heterocycles. The Morgan fingerprint density at radius 1 is 1.11 bits per heavy atom. The zero-order chi connectivity index (χ0) is 20.5. The van der Waals surface area contributed by atoms with Gasteiger partial charge in [0.1, 0.15) is 5.75 Å². The van der Waals surface area contributed by atoms with Crippen LogP contribution in [0.25, 0.3) is 0 Å². The average molecular weight is 400 g/mol. The van der Waals surface area contributed by atoms with Crippen molar-refractivity contribution in [1.82, 2.24) is 15.5 Å². The third-order valence-corrected chi connectivity index (χ3v) is 3.33. The van der Waals surface area contributed by atoms with Gasteiger partial charge < -0.3 is 15.4 Å². The molecule has 1 aromatic rings. The zero-order valence-electron chi connectivity index (χ0n) is 14.9. The van der Waals surface area contributed by atoms with Gasteiger partial charge in [-0.25, -0.2) is 0 Å². The lowest BCUT2D eigenvalue weighted by molar-refractivity contribution is -0.274. The molecule has 27 heavy (non-hydrogen) atoms. The number of guanidine groups is 1. The van der Waals surface area contributed by atoms with Crippen LogP contribution in [0.3, 0.4) is 0 Å². The number of hydrogen-bond acceptors (Lipinski definition) is 3. The highest BCUT2D eigenvalue weighted by molar-refractivity contribution is 5.79. The smallest absolute Gasteiger partial charge is 0.405 e. The van der Waals surface area contributed by atoms with E-state index in [1.807, 2.05) is 0 Å². The van der Waals surface area contributed by atoms with E-state index in [4.69, 9.17) is 0 Å². The molecule has 0 bridgehead atoms. The number of hydrogen-bond donors (Lipinski definition) is 2. The molecule has 0 unspecified atom stereocenters. The Balaban J connectivity index is 2.43. The highest BCUT2D eigenvalue weighted by atomic mass is 19.4. The quantitative estimate of drug-likeness (QED) is 0.305. The number of halogens is 6. The molecule has 0 heterocycles. The molecule has 0 aliphatic carbocycles. The van der Waals surface area contributed by atoms with E-state index in [-0.39, 0.29) is 24.4 Å². The second-order valence-electron chi connectivity index (χ2n) is 5.71. The minimum absolute atomic E-state index is 0.0277. The Hall–Kier alpha value is -2.17. The molecule has 0 atom stereocenters. The summed E-state index contributed by atoms with van der Waals surface area (Å²) < 4.78 is 77.9. The summed E-state index contributed by atoms with van der Waals surface area (Å²) in [5.41, 5.74) is 0.280. The summed E-state index contributed by atoms with van der Waals surface area (Å²) in [5, 5.41) is 5.73. The van der Waals surface area contributed by atoms with E-state index < -0.39 is 19.1 Å². The maximum absolute atomic E-state index is 12.4. The number of ether oxygens (including phenoxy) is 1. The molecule has 1 rings (SSSR count). The lowest BCUT2D eigenvalue weighted by atomic mass is 10.2. The summed E-state index contributed by atoms with van der Waals surface area (Å²) in [6.45, 7) is -0.385. The van der Waals surface area contributed by atoms with Crippen LogP contribution < -0.4 is 15.4 Å².